The Kier molecular flexibility index (Phi) is 6.45. The molecule has 1 aliphatic rings. The maximum absolute atomic E-state index is 12.6. The summed E-state index contributed by atoms with van der Waals surface area (Å²) < 4.78 is 5.33. The standard InChI is InChI=1S/C20H30N2O3/c1-14(2)12-19(23)21-8-10-22(11-9-21)20(24)13-17-6-7-18(25-5)16(4)15(17)3/h6-7,14H,8-13H2,1-5H3. The minimum Gasteiger partial charge on any atom is -0.496 e. The average molecular weight is 346 g/mol. The third-order valence-electron chi connectivity index (χ3n) is 4.98. The number of carbonyl (C=O) groups excluding carboxylic acids is 2. The molecule has 1 aromatic carbocycles. The van der Waals surface area contributed by atoms with Crippen molar-refractivity contribution in [2.45, 2.75) is 40.5 Å². The Bertz CT molecular complexity index is 632. The van der Waals surface area contributed by atoms with Gasteiger partial charge in [0.1, 0.15) is 5.75 Å². The monoisotopic (exact) mass is 346 g/mol. The van der Waals surface area contributed by atoms with Crippen LogP contribution in [0.25, 0.3) is 0 Å². The molecule has 0 radical (unpaired) electrons. The lowest BCUT2D eigenvalue weighted by Gasteiger charge is -2.35. The molecule has 138 valence electrons. The Labute approximate surface area is 150 Å². The van der Waals surface area contributed by atoms with Gasteiger partial charge in [-0.15, -0.1) is 0 Å². The Hall–Kier alpha value is -2.04. The van der Waals surface area contributed by atoms with Crippen LogP contribution in [-0.4, -0.2) is 54.9 Å². The summed E-state index contributed by atoms with van der Waals surface area (Å²) in [6.07, 6.45) is 0.981. The van der Waals surface area contributed by atoms with Crippen LogP contribution in [0.1, 0.15) is 37.0 Å². The van der Waals surface area contributed by atoms with E-state index in [4.69, 9.17) is 4.74 Å². The Morgan fingerprint density at radius 3 is 2.08 bits per heavy atom. The van der Waals surface area contributed by atoms with Gasteiger partial charge in [-0.1, -0.05) is 19.9 Å². The van der Waals surface area contributed by atoms with Gasteiger partial charge in [0.15, 0.2) is 0 Å². The predicted octanol–water partition coefficient (Wildman–Crippen LogP) is 2.57. The van der Waals surface area contributed by atoms with Crippen LogP contribution in [0.2, 0.25) is 0 Å². The van der Waals surface area contributed by atoms with Crippen molar-refractivity contribution in [3.63, 3.8) is 0 Å². The molecule has 5 heteroatoms. The normalized spacial score (nSPS) is 14.8. The second-order valence-corrected chi connectivity index (χ2v) is 7.21. The van der Waals surface area contributed by atoms with E-state index in [0.717, 1.165) is 22.4 Å². The topological polar surface area (TPSA) is 49.9 Å². The van der Waals surface area contributed by atoms with Gasteiger partial charge in [0.2, 0.25) is 11.8 Å². The van der Waals surface area contributed by atoms with Crippen LogP contribution in [0.3, 0.4) is 0 Å². The van der Waals surface area contributed by atoms with Crippen molar-refractivity contribution in [3.8, 4) is 5.75 Å². The number of amides is 2. The van der Waals surface area contributed by atoms with Gasteiger partial charge in [0.05, 0.1) is 13.5 Å². The highest BCUT2D eigenvalue weighted by molar-refractivity contribution is 5.80. The Morgan fingerprint density at radius 2 is 1.56 bits per heavy atom. The Balaban J connectivity index is 1.93. The molecule has 1 saturated heterocycles. The summed E-state index contributed by atoms with van der Waals surface area (Å²) in [4.78, 5) is 28.5. The molecular weight excluding hydrogens is 316 g/mol. The van der Waals surface area contributed by atoms with Gasteiger partial charge in [-0.3, -0.25) is 9.59 Å². The van der Waals surface area contributed by atoms with Gasteiger partial charge < -0.3 is 14.5 Å². The zero-order valence-electron chi connectivity index (χ0n) is 16.1. The number of ether oxygens (including phenoxy) is 1. The van der Waals surface area contributed by atoms with Crippen LogP contribution in [0.5, 0.6) is 5.75 Å². The van der Waals surface area contributed by atoms with Crippen molar-refractivity contribution in [1.29, 1.82) is 0 Å². The van der Waals surface area contributed by atoms with Crippen LogP contribution >= 0.6 is 0 Å². The summed E-state index contributed by atoms with van der Waals surface area (Å²) in [5.41, 5.74) is 3.23. The summed E-state index contributed by atoms with van der Waals surface area (Å²) in [5, 5.41) is 0. The summed E-state index contributed by atoms with van der Waals surface area (Å²) in [7, 11) is 1.66. The van der Waals surface area contributed by atoms with Gasteiger partial charge in [0, 0.05) is 32.6 Å². The number of rotatable bonds is 5. The molecule has 0 aromatic heterocycles. The van der Waals surface area contributed by atoms with Crippen molar-refractivity contribution in [2.24, 2.45) is 5.92 Å². The Morgan fingerprint density at radius 1 is 1.00 bits per heavy atom. The van der Waals surface area contributed by atoms with E-state index in [0.29, 0.717) is 44.9 Å². The molecule has 25 heavy (non-hydrogen) atoms. The highest BCUT2D eigenvalue weighted by Crippen LogP contribution is 2.24. The van der Waals surface area contributed by atoms with Gasteiger partial charge in [0.25, 0.3) is 0 Å². The number of methoxy groups -OCH3 is 1. The smallest absolute Gasteiger partial charge is 0.227 e. The fourth-order valence-electron chi connectivity index (χ4n) is 3.22. The number of hydrogen-bond acceptors (Lipinski definition) is 3. The highest BCUT2D eigenvalue weighted by Gasteiger charge is 2.24. The van der Waals surface area contributed by atoms with E-state index >= 15 is 0 Å². The molecule has 0 unspecified atom stereocenters. The zero-order valence-corrected chi connectivity index (χ0v) is 16.1. The molecule has 0 bridgehead atoms. The molecule has 0 aliphatic carbocycles. The maximum Gasteiger partial charge on any atom is 0.227 e. The van der Waals surface area contributed by atoms with Crippen LogP contribution in [0, 0.1) is 19.8 Å². The second-order valence-electron chi connectivity index (χ2n) is 7.21. The highest BCUT2D eigenvalue weighted by atomic mass is 16.5. The first-order valence-corrected chi connectivity index (χ1v) is 9.02. The van der Waals surface area contributed by atoms with Gasteiger partial charge in [-0.2, -0.15) is 0 Å². The van der Waals surface area contributed by atoms with Crippen LogP contribution in [0.4, 0.5) is 0 Å². The molecule has 0 atom stereocenters. The quantitative estimate of drug-likeness (QED) is 0.823. The average Bonchev–Trinajstić information content (AvgIpc) is 2.58. The van der Waals surface area contributed by atoms with E-state index in [1.165, 1.54) is 0 Å². The van der Waals surface area contributed by atoms with Gasteiger partial charge in [-0.05, 0) is 42.5 Å². The third-order valence-corrected chi connectivity index (χ3v) is 4.98. The number of benzene rings is 1. The number of carbonyl (C=O) groups is 2. The molecule has 2 amide bonds. The largest absolute Gasteiger partial charge is 0.496 e. The van der Waals surface area contributed by atoms with E-state index in [-0.39, 0.29) is 11.8 Å². The summed E-state index contributed by atoms with van der Waals surface area (Å²) in [6, 6.07) is 3.90. The molecule has 0 spiro atoms. The molecule has 2 rings (SSSR count). The van der Waals surface area contributed by atoms with E-state index < -0.39 is 0 Å². The minimum absolute atomic E-state index is 0.128. The number of hydrogen-bond donors (Lipinski definition) is 0. The van der Waals surface area contributed by atoms with Gasteiger partial charge >= 0.3 is 0 Å². The molecular formula is C20H30N2O3. The minimum atomic E-state index is 0.128. The van der Waals surface area contributed by atoms with E-state index in [1.807, 2.05) is 35.8 Å². The first-order chi connectivity index (χ1) is 11.8. The first kappa shape index (κ1) is 19.3. The summed E-state index contributed by atoms with van der Waals surface area (Å²) in [6.45, 7) is 10.7. The van der Waals surface area contributed by atoms with E-state index in [1.54, 1.807) is 7.11 Å². The van der Waals surface area contributed by atoms with Crippen molar-refractivity contribution in [2.75, 3.05) is 33.3 Å². The van der Waals surface area contributed by atoms with Crippen molar-refractivity contribution in [3.05, 3.63) is 28.8 Å². The van der Waals surface area contributed by atoms with Gasteiger partial charge in [-0.25, -0.2) is 0 Å². The van der Waals surface area contributed by atoms with Crippen molar-refractivity contribution >= 4 is 11.8 Å². The van der Waals surface area contributed by atoms with Crippen LogP contribution < -0.4 is 4.74 Å². The summed E-state index contributed by atoms with van der Waals surface area (Å²) in [5.74, 6) is 1.55. The lowest BCUT2D eigenvalue weighted by atomic mass is 9.99. The second kappa shape index (κ2) is 8.37. The number of nitrogens with zero attached hydrogens (tertiary/aromatic N) is 2. The maximum atomic E-state index is 12.6. The molecule has 1 aromatic rings. The fourth-order valence-corrected chi connectivity index (χ4v) is 3.22. The van der Waals surface area contributed by atoms with E-state index in [2.05, 4.69) is 13.8 Å². The molecule has 5 nitrogen and oxygen atoms in total. The zero-order chi connectivity index (χ0) is 18.6. The lowest BCUT2D eigenvalue weighted by molar-refractivity contribution is -0.139. The van der Waals surface area contributed by atoms with Crippen molar-refractivity contribution in [1.82, 2.24) is 9.80 Å². The molecule has 1 heterocycles. The third kappa shape index (κ3) is 4.74. The molecule has 0 N–H and O–H groups in total. The van der Waals surface area contributed by atoms with Crippen molar-refractivity contribution < 1.29 is 14.3 Å². The van der Waals surface area contributed by atoms with Crippen LogP contribution in [0.15, 0.2) is 12.1 Å². The SMILES string of the molecule is COc1ccc(CC(=O)N2CCN(C(=O)CC(C)C)CC2)c(C)c1C. The van der Waals surface area contributed by atoms with E-state index in [9.17, 15) is 9.59 Å². The predicted molar refractivity (Wildman–Crippen MR) is 98.8 cm³/mol. The molecule has 0 saturated carbocycles. The van der Waals surface area contributed by atoms with Crippen LogP contribution in [-0.2, 0) is 16.0 Å². The molecule has 1 aliphatic heterocycles. The number of piperazine rings is 1. The first-order valence-electron chi connectivity index (χ1n) is 9.02. The molecule has 1 fully saturated rings. The lowest BCUT2D eigenvalue weighted by Crippen LogP contribution is -2.51. The summed E-state index contributed by atoms with van der Waals surface area (Å²) >= 11 is 0. The fraction of sp³-hybridized carbons (Fsp3) is 0.600.